The Kier molecular flexibility index (Phi) is 9.41. The van der Waals surface area contributed by atoms with Crippen LogP contribution in [0.1, 0.15) is 73.8 Å². The second-order valence-electron chi connectivity index (χ2n) is 13.1. The van der Waals surface area contributed by atoms with E-state index in [0.717, 1.165) is 17.6 Å². The first-order valence-electron chi connectivity index (χ1n) is 13.9. The van der Waals surface area contributed by atoms with Crippen LogP contribution < -0.4 is 0 Å². The van der Waals surface area contributed by atoms with Crippen molar-refractivity contribution in [3.05, 3.63) is 36.3 Å². The minimum atomic E-state index is -2.06. The summed E-state index contributed by atoms with van der Waals surface area (Å²) in [4.78, 5) is 9.16. The zero-order valence-corrected chi connectivity index (χ0v) is 26.5. The molecule has 2 unspecified atom stereocenters. The topological polar surface area (TPSA) is 71.4 Å². The third-order valence-electron chi connectivity index (χ3n) is 8.83. The molecule has 0 saturated carbocycles. The maximum Gasteiger partial charge on any atom is 0.458 e. The number of aromatic nitrogens is 1. The lowest BCUT2D eigenvalue weighted by Crippen LogP contribution is -2.55. The third kappa shape index (κ3) is 6.44. The first-order chi connectivity index (χ1) is 17.6. The molecule has 38 heavy (non-hydrogen) atoms. The quantitative estimate of drug-likeness (QED) is 0.303. The standard InChI is InChI=1S/C29H49BN2O5Si/c1-12-16-34-29(17-23(20-32-25(29)33-9)22-14-13-15-31-19-22)24(21-35-38(10,11)26(2,3)4)18-30-36-27(5,6)28(7,8)37-30/h13-15,19-20,24H,12,16-18,21H2,1-11H3. The highest BCUT2D eigenvalue weighted by Gasteiger charge is 2.56. The molecule has 1 fully saturated rings. The van der Waals surface area contributed by atoms with Gasteiger partial charge >= 0.3 is 7.12 Å². The van der Waals surface area contributed by atoms with E-state index >= 15 is 0 Å². The maximum atomic E-state index is 6.87. The number of pyridine rings is 1. The number of rotatable bonds is 10. The van der Waals surface area contributed by atoms with E-state index in [1.54, 1.807) is 13.3 Å². The zero-order valence-electron chi connectivity index (χ0n) is 25.5. The second-order valence-corrected chi connectivity index (χ2v) is 17.9. The van der Waals surface area contributed by atoms with Crippen molar-refractivity contribution >= 4 is 26.9 Å². The highest BCUT2D eigenvalue weighted by atomic mass is 28.4. The second kappa shape index (κ2) is 11.5. The van der Waals surface area contributed by atoms with Crippen molar-refractivity contribution in [2.75, 3.05) is 20.3 Å². The van der Waals surface area contributed by atoms with Crippen LogP contribution >= 0.6 is 0 Å². The Morgan fingerprint density at radius 1 is 1.13 bits per heavy atom. The summed E-state index contributed by atoms with van der Waals surface area (Å²) in [6.07, 6.45) is 7.59. The molecule has 0 amide bonds. The molecule has 0 N–H and O–H groups in total. The lowest BCUT2D eigenvalue weighted by Gasteiger charge is -2.44. The minimum Gasteiger partial charge on any atom is -0.482 e. The molecular formula is C29H49BN2O5Si. The molecule has 0 aromatic carbocycles. The summed E-state index contributed by atoms with van der Waals surface area (Å²) in [7, 11) is -0.792. The lowest BCUT2D eigenvalue weighted by atomic mass is 9.68. The van der Waals surface area contributed by atoms with Crippen molar-refractivity contribution in [2.24, 2.45) is 10.9 Å². The molecule has 2 aliphatic heterocycles. The first kappa shape index (κ1) is 31.0. The van der Waals surface area contributed by atoms with Crippen molar-refractivity contribution in [1.82, 2.24) is 4.98 Å². The molecule has 3 heterocycles. The summed E-state index contributed by atoms with van der Waals surface area (Å²) in [6.45, 7) is 22.9. The Bertz CT molecular complexity index is 990. The smallest absolute Gasteiger partial charge is 0.458 e. The fraction of sp³-hybridized carbons (Fsp3) is 0.724. The summed E-state index contributed by atoms with van der Waals surface area (Å²) in [5.41, 5.74) is 0.393. The molecule has 1 saturated heterocycles. The van der Waals surface area contributed by atoms with E-state index in [4.69, 9.17) is 28.2 Å². The van der Waals surface area contributed by atoms with Gasteiger partial charge in [0.25, 0.3) is 0 Å². The fourth-order valence-corrected chi connectivity index (χ4v) is 5.70. The van der Waals surface area contributed by atoms with E-state index < -0.39 is 32.2 Å². The summed E-state index contributed by atoms with van der Waals surface area (Å²) in [5.74, 6) is 0.441. The van der Waals surface area contributed by atoms with Crippen LogP contribution in [-0.4, -0.2) is 63.4 Å². The Morgan fingerprint density at radius 2 is 1.79 bits per heavy atom. The molecule has 212 valence electrons. The van der Waals surface area contributed by atoms with Gasteiger partial charge in [-0.15, -0.1) is 0 Å². The molecule has 2 atom stereocenters. The molecule has 0 aliphatic carbocycles. The Morgan fingerprint density at radius 3 is 2.32 bits per heavy atom. The highest BCUT2D eigenvalue weighted by molar-refractivity contribution is 6.74. The lowest BCUT2D eigenvalue weighted by molar-refractivity contribution is -0.0545. The van der Waals surface area contributed by atoms with E-state index in [1.165, 1.54) is 0 Å². The predicted octanol–water partition coefficient (Wildman–Crippen LogP) is 6.77. The van der Waals surface area contributed by atoms with Gasteiger partial charge in [-0.2, -0.15) is 0 Å². The highest BCUT2D eigenvalue weighted by Crippen LogP contribution is 2.45. The Labute approximate surface area is 232 Å². The van der Waals surface area contributed by atoms with Gasteiger partial charge in [-0.25, -0.2) is 4.99 Å². The van der Waals surface area contributed by atoms with Crippen molar-refractivity contribution in [2.45, 2.75) is 109 Å². The molecule has 9 heteroatoms. The van der Waals surface area contributed by atoms with Gasteiger partial charge in [0.2, 0.25) is 5.90 Å². The van der Waals surface area contributed by atoms with E-state index in [2.05, 4.69) is 79.5 Å². The van der Waals surface area contributed by atoms with Crippen molar-refractivity contribution in [3.8, 4) is 0 Å². The van der Waals surface area contributed by atoms with Crippen molar-refractivity contribution in [3.63, 3.8) is 0 Å². The third-order valence-corrected chi connectivity index (χ3v) is 13.3. The molecule has 0 spiro atoms. The van der Waals surface area contributed by atoms with Gasteiger partial charge in [0.05, 0.1) is 18.3 Å². The van der Waals surface area contributed by atoms with Crippen LogP contribution in [0.3, 0.4) is 0 Å². The van der Waals surface area contributed by atoms with Gasteiger partial charge in [0.1, 0.15) is 0 Å². The molecule has 1 aromatic rings. The van der Waals surface area contributed by atoms with E-state index in [0.29, 0.717) is 31.9 Å². The molecular weight excluding hydrogens is 495 g/mol. The molecule has 0 radical (unpaired) electrons. The maximum absolute atomic E-state index is 6.87. The van der Waals surface area contributed by atoms with Gasteiger partial charge in [-0.1, -0.05) is 33.8 Å². The van der Waals surface area contributed by atoms with E-state index in [-0.39, 0.29) is 11.0 Å². The molecule has 7 nitrogen and oxygen atoms in total. The normalized spacial score (nSPS) is 24.1. The predicted molar refractivity (Wildman–Crippen MR) is 158 cm³/mol. The SMILES string of the molecule is CCCOC1(C(CO[Si](C)(C)C(C)(C)C)CB2OC(C)(C)C(C)(C)O2)CC(c2cccnc2)=CN=C1OC. The van der Waals surface area contributed by atoms with Crippen LogP contribution in [0, 0.1) is 5.92 Å². The number of methoxy groups -OCH3 is 1. The Hall–Kier alpha value is -1.52. The first-order valence-corrected chi connectivity index (χ1v) is 16.8. The number of ether oxygens (including phenoxy) is 2. The average molecular weight is 545 g/mol. The number of hydrogen-bond donors (Lipinski definition) is 0. The number of aliphatic imine (C=N–C) groups is 1. The van der Waals surface area contributed by atoms with Gasteiger partial charge < -0.3 is 23.2 Å². The largest absolute Gasteiger partial charge is 0.482 e. The summed E-state index contributed by atoms with van der Waals surface area (Å²) in [5, 5.41) is 0.0742. The molecule has 3 rings (SSSR count). The fourth-order valence-electron chi connectivity index (χ4n) is 4.65. The van der Waals surface area contributed by atoms with Crippen LogP contribution in [0.4, 0.5) is 0 Å². The monoisotopic (exact) mass is 544 g/mol. The molecule has 1 aromatic heterocycles. The van der Waals surface area contributed by atoms with Crippen molar-refractivity contribution in [1.29, 1.82) is 0 Å². The van der Waals surface area contributed by atoms with Gasteiger partial charge in [-0.05, 0) is 75.8 Å². The zero-order chi connectivity index (χ0) is 28.4. The van der Waals surface area contributed by atoms with Crippen LogP contribution in [0.15, 0.2) is 35.7 Å². The van der Waals surface area contributed by atoms with Gasteiger partial charge in [0, 0.05) is 44.1 Å². The van der Waals surface area contributed by atoms with E-state index in [9.17, 15) is 0 Å². The minimum absolute atomic E-state index is 0.0742. The van der Waals surface area contributed by atoms with Gasteiger partial charge in [-0.3, -0.25) is 4.98 Å². The Balaban J connectivity index is 2.05. The summed E-state index contributed by atoms with van der Waals surface area (Å²) in [6, 6.07) is 4.01. The van der Waals surface area contributed by atoms with Crippen molar-refractivity contribution < 1.29 is 23.2 Å². The van der Waals surface area contributed by atoms with Crippen LogP contribution in [0.5, 0.6) is 0 Å². The van der Waals surface area contributed by atoms with Crippen LogP contribution in [0.25, 0.3) is 5.57 Å². The number of nitrogens with zero attached hydrogens (tertiary/aromatic N) is 2. The number of hydrogen-bond acceptors (Lipinski definition) is 7. The van der Waals surface area contributed by atoms with Gasteiger partial charge in [0.15, 0.2) is 13.9 Å². The van der Waals surface area contributed by atoms with Crippen LogP contribution in [0.2, 0.25) is 24.5 Å². The average Bonchev–Trinajstić information content (AvgIpc) is 3.05. The van der Waals surface area contributed by atoms with Crippen LogP contribution in [-0.2, 0) is 23.2 Å². The summed E-state index contributed by atoms with van der Waals surface area (Å²) >= 11 is 0. The summed E-state index contributed by atoms with van der Waals surface area (Å²) < 4.78 is 32.6. The van der Waals surface area contributed by atoms with E-state index in [1.807, 2.05) is 18.5 Å². The molecule has 2 aliphatic rings. The molecule has 0 bridgehead atoms.